The van der Waals surface area contributed by atoms with Crippen LogP contribution < -0.4 is 10.6 Å². The van der Waals surface area contributed by atoms with Gasteiger partial charge in [0.05, 0.1) is 0 Å². The fraction of sp³-hybridized carbons (Fsp3) is 0.542. The van der Waals surface area contributed by atoms with Gasteiger partial charge in [0.2, 0.25) is 5.91 Å². The molecule has 0 aromatic heterocycles. The van der Waals surface area contributed by atoms with Gasteiger partial charge in [-0.3, -0.25) is 14.5 Å². The molecule has 0 radical (unpaired) electrons. The van der Waals surface area contributed by atoms with Crippen LogP contribution in [0.3, 0.4) is 0 Å². The molecule has 2 atom stereocenters. The maximum atomic E-state index is 13.4. The van der Waals surface area contributed by atoms with Crippen molar-refractivity contribution in [2.75, 3.05) is 0 Å². The van der Waals surface area contributed by atoms with E-state index in [1.165, 1.54) is 0 Å². The van der Waals surface area contributed by atoms with Crippen LogP contribution in [0, 0.1) is 18.4 Å². The number of hydrogen-bond acceptors (Lipinski definition) is 4. The zero-order valence-corrected chi connectivity index (χ0v) is 19.6. The average molecular weight is 430 g/mol. The van der Waals surface area contributed by atoms with Crippen molar-refractivity contribution in [2.24, 2.45) is 5.92 Å². The maximum absolute atomic E-state index is 13.4. The maximum Gasteiger partial charge on any atom is 0.408 e. The fourth-order valence-electron chi connectivity index (χ4n) is 2.99. The number of carbonyl (C=O) groups excluding carboxylic acids is 3. The lowest BCUT2D eigenvalue weighted by molar-refractivity contribution is -0.139. The van der Waals surface area contributed by atoms with Gasteiger partial charge in [0, 0.05) is 12.1 Å². The zero-order chi connectivity index (χ0) is 23.8. The van der Waals surface area contributed by atoms with Gasteiger partial charge in [-0.05, 0) is 52.5 Å². The molecule has 1 rings (SSSR count). The minimum absolute atomic E-state index is 0.0863. The van der Waals surface area contributed by atoms with Gasteiger partial charge in [-0.1, -0.05) is 50.6 Å². The summed E-state index contributed by atoms with van der Waals surface area (Å²) in [5.41, 5.74) is -0.141. The number of nitrogens with zero attached hydrogens (tertiary/aromatic N) is 1. The van der Waals surface area contributed by atoms with Crippen LogP contribution in [-0.2, 0) is 14.3 Å². The molecule has 1 aromatic carbocycles. The van der Waals surface area contributed by atoms with E-state index in [-0.39, 0.29) is 12.0 Å². The highest BCUT2D eigenvalue weighted by Crippen LogP contribution is 2.23. The van der Waals surface area contributed by atoms with Gasteiger partial charge in [-0.15, -0.1) is 0 Å². The molecule has 0 saturated carbocycles. The largest absolute Gasteiger partial charge is 0.444 e. The monoisotopic (exact) mass is 429 g/mol. The molecule has 0 spiro atoms. The molecule has 0 aliphatic heterocycles. The van der Waals surface area contributed by atoms with Crippen molar-refractivity contribution in [1.82, 2.24) is 15.5 Å². The summed E-state index contributed by atoms with van der Waals surface area (Å²) in [6, 6.07) is 9.08. The normalized spacial score (nSPS) is 13.2. The molecular weight excluding hydrogens is 394 g/mol. The van der Waals surface area contributed by atoms with Gasteiger partial charge >= 0.3 is 6.09 Å². The quantitative estimate of drug-likeness (QED) is 0.488. The Morgan fingerprint density at radius 3 is 2.10 bits per heavy atom. The van der Waals surface area contributed by atoms with Crippen LogP contribution in [0.15, 0.2) is 30.3 Å². The smallest absolute Gasteiger partial charge is 0.408 e. The number of benzene rings is 1. The van der Waals surface area contributed by atoms with E-state index in [4.69, 9.17) is 11.2 Å². The van der Waals surface area contributed by atoms with Gasteiger partial charge < -0.3 is 15.4 Å². The molecule has 2 unspecified atom stereocenters. The molecular formula is C24H35N3O4. The molecule has 1 aromatic rings. The van der Waals surface area contributed by atoms with E-state index in [2.05, 4.69) is 16.7 Å². The highest BCUT2D eigenvalue weighted by molar-refractivity contribution is 5.93. The minimum Gasteiger partial charge on any atom is -0.444 e. The average Bonchev–Trinajstić information content (AvgIpc) is 2.63. The van der Waals surface area contributed by atoms with E-state index >= 15 is 0 Å². The number of rotatable bonds is 8. The van der Waals surface area contributed by atoms with Crippen molar-refractivity contribution < 1.29 is 19.1 Å². The van der Waals surface area contributed by atoms with Crippen LogP contribution >= 0.6 is 0 Å². The Balaban J connectivity index is 3.28. The molecule has 3 amide bonds. The summed E-state index contributed by atoms with van der Waals surface area (Å²) in [6.07, 6.45) is 5.33. The first-order chi connectivity index (χ1) is 14.4. The summed E-state index contributed by atoms with van der Waals surface area (Å²) in [4.78, 5) is 39.9. The highest BCUT2D eigenvalue weighted by Gasteiger charge is 2.36. The predicted molar refractivity (Wildman–Crippen MR) is 121 cm³/mol. The Hall–Kier alpha value is -3.01. The first kappa shape index (κ1) is 26.0. The van der Waals surface area contributed by atoms with Gasteiger partial charge in [0.25, 0.3) is 5.91 Å². The third-order valence-corrected chi connectivity index (χ3v) is 4.13. The first-order valence-corrected chi connectivity index (χ1v) is 10.5. The molecule has 0 aliphatic carbocycles. The molecule has 170 valence electrons. The number of ether oxygens (including phenoxy) is 1. The summed E-state index contributed by atoms with van der Waals surface area (Å²) >= 11 is 0. The van der Waals surface area contributed by atoms with Crippen molar-refractivity contribution in [1.29, 1.82) is 0 Å². The zero-order valence-electron chi connectivity index (χ0n) is 19.6. The second-order valence-corrected chi connectivity index (χ2v) is 9.14. The topological polar surface area (TPSA) is 87.7 Å². The van der Waals surface area contributed by atoms with E-state index in [1.54, 1.807) is 45.0 Å². The Kier molecular flexibility index (Phi) is 9.57. The van der Waals surface area contributed by atoms with E-state index in [0.29, 0.717) is 12.0 Å². The van der Waals surface area contributed by atoms with Crippen LogP contribution in [0.4, 0.5) is 4.79 Å². The van der Waals surface area contributed by atoms with E-state index in [0.717, 1.165) is 4.90 Å². The van der Waals surface area contributed by atoms with Crippen LogP contribution in [0.1, 0.15) is 66.5 Å². The fourth-order valence-corrected chi connectivity index (χ4v) is 2.99. The van der Waals surface area contributed by atoms with Crippen molar-refractivity contribution in [2.45, 2.75) is 78.6 Å². The summed E-state index contributed by atoms with van der Waals surface area (Å²) in [7, 11) is 0. The molecule has 0 saturated heterocycles. The predicted octanol–water partition coefficient (Wildman–Crippen LogP) is 3.61. The number of nitrogens with one attached hydrogen (secondary N) is 2. The lowest BCUT2D eigenvalue weighted by Crippen LogP contribution is -2.52. The summed E-state index contributed by atoms with van der Waals surface area (Å²) in [5.74, 6) is -0.855. The van der Waals surface area contributed by atoms with Crippen molar-refractivity contribution in [3.63, 3.8) is 0 Å². The van der Waals surface area contributed by atoms with Gasteiger partial charge in [0.1, 0.15) is 17.7 Å². The van der Waals surface area contributed by atoms with Crippen LogP contribution in [0.2, 0.25) is 0 Å². The third kappa shape index (κ3) is 8.71. The lowest BCUT2D eigenvalue weighted by atomic mass is 9.99. The molecule has 0 heterocycles. The Morgan fingerprint density at radius 1 is 1.06 bits per heavy atom. The van der Waals surface area contributed by atoms with Crippen LogP contribution in [0.5, 0.6) is 0 Å². The molecule has 0 fully saturated rings. The molecule has 0 bridgehead atoms. The summed E-state index contributed by atoms with van der Waals surface area (Å²) in [6.45, 7) is 12.7. The third-order valence-electron chi connectivity index (χ3n) is 4.13. The van der Waals surface area contributed by atoms with Gasteiger partial charge in [-0.2, -0.15) is 0 Å². The van der Waals surface area contributed by atoms with Gasteiger partial charge in [-0.25, -0.2) is 4.79 Å². The van der Waals surface area contributed by atoms with E-state index < -0.39 is 35.6 Å². The van der Waals surface area contributed by atoms with Crippen molar-refractivity contribution >= 4 is 17.9 Å². The molecule has 0 aliphatic rings. The Labute approximate surface area is 185 Å². The molecule has 31 heavy (non-hydrogen) atoms. The SMILES string of the molecule is C#CN(C(=O)C(CC(C)C)NC(=O)OC(C)(C)C)C(C(=O)NC(C)C)c1ccccc1. The molecule has 7 nitrogen and oxygen atoms in total. The Bertz CT molecular complexity index is 791. The Morgan fingerprint density at radius 2 is 1.65 bits per heavy atom. The standard InChI is InChI=1S/C24H35N3O4/c1-9-27(20(21(28)25-17(4)5)18-13-11-10-12-14-18)22(29)19(15-16(2)3)26-23(30)31-24(6,7)8/h1,10-14,16-17,19-20H,15H2,2-8H3,(H,25,28)(H,26,30). The van der Waals surface area contributed by atoms with Crippen molar-refractivity contribution in [3.05, 3.63) is 35.9 Å². The van der Waals surface area contributed by atoms with E-state index in [9.17, 15) is 14.4 Å². The second kappa shape index (κ2) is 11.4. The number of amides is 3. The molecule has 2 N–H and O–H groups in total. The number of hydrogen-bond donors (Lipinski definition) is 2. The highest BCUT2D eigenvalue weighted by atomic mass is 16.6. The van der Waals surface area contributed by atoms with Crippen molar-refractivity contribution in [3.8, 4) is 12.5 Å². The number of carbonyl (C=O) groups is 3. The minimum atomic E-state index is -1.03. The summed E-state index contributed by atoms with van der Waals surface area (Å²) in [5, 5.41) is 5.45. The number of alkyl carbamates (subject to hydrolysis) is 1. The number of terminal acetylenes is 1. The van der Waals surface area contributed by atoms with Crippen LogP contribution in [-0.4, -0.2) is 40.5 Å². The first-order valence-electron chi connectivity index (χ1n) is 10.5. The van der Waals surface area contributed by atoms with E-state index in [1.807, 2.05) is 33.8 Å². The summed E-state index contributed by atoms with van der Waals surface area (Å²) < 4.78 is 5.31. The second-order valence-electron chi connectivity index (χ2n) is 9.14. The molecule has 7 heteroatoms. The van der Waals surface area contributed by atoms with Crippen LogP contribution in [0.25, 0.3) is 0 Å². The van der Waals surface area contributed by atoms with Gasteiger partial charge in [0.15, 0.2) is 0 Å². The lowest BCUT2D eigenvalue weighted by Gasteiger charge is -2.31.